The number of carbonyl (C=O) groups excluding carboxylic acids is 1. The van der Waals surface area contributed by atoms with Crippen LogP contribution >= 0.6 is 12.4 Å². The molecule has 6 heteroatoms. The third kappa shape index (κ3) is 4.27. The van der Waals surface area contributed by atoms with Crippen molar-refractivity contribution in [2.75, 3.05) is 0 Å². The molecule has 26 heavy (non-hydrogen) atoms. The molecular weight excluding hydrogens is 348 g/mol. The van der Waals surface area contributed by atoms with Crippen molar-refractivity contribution in [1.29, 1.82) is 0 Å². The molecule has 1 saturated carbocycles. The molecule has 0 aliphatic heterocycles. The van der Waals surface area contributed by atoms with Crippen molar-refractivity contribution in [1.82, 2.24) is 15.1 Å². The highest BCUT2D eigenvalue weighted by Gasteiger charge is 2.37. The molecule has 0 radical (unpaired) electrons. The van der Waals surface area contributed by atoms with Crippen LogP contribution in [0, 0.1) is 19.8 Å². The summed E-state index contributed by atoms with van der Waals surface area (Å²) in [6.07, 6.45) is 3.97. The van der Waals surface area contributed by atoms with Gasteiger partial charge in [0.25, 0.3) is 0 Å². The molecule has 2 unspecified atom stereocenters. The van der Waals surface area contributed by atoms with Gasteiger partial charge in [0, 0.05) is 17.8 Å². The lowest BCUT2D eigenvalue weighted by molar-refractivity contribution is -0.128. The zero-order valence-corrected chi connectivity index (χ0v) is 16.6. The molecule has 1 amide bonds. The summed E-state index contributed by atoms with van der Waals surface area (Å²) in [5, 5.41) is 7.67. The molecule has 1 heterocycles. The largest absolute Gasteiger partial charge is 0.352 e. The van der Waals surface area contributed by atoms with Gasteiger partial charge in [-0.3, -0.25) is 4.79 Å². The average Bonchev–Trinajstić information content (AvgIpc) is 2.91. The number of aromatic nitrogens is 2. The fourth-order valence-corrected chi connectivity index (χ4v) is 3.83. The predicted octanol–water partition coefficient (Wildman–Crippen LogP) is 3.43. The van der Waals surface area contributed by atoms with Crippen LogP contribution in [0.15, 0.2) is 30.3 Å². The smallest absolute Gasteiger partial charge is 0.225 e. The van der Waals surface area contributed by atoms with Gasteiger partial charge in [-0.25, -0.2) is 4.68 Å². The van der Waals surface area contributed by atoms with Crippen molar-refractivity contribution in [2.45, 2.75) is 58.5 Å². The molecule has 1 aliphatic carbocycles. The molecule has 142 valence electrons. The van der Waals surface area contributed by atoms with Gasteiger partial charge in [0.05, 0.1) is 17.3 Å². The first kappa shape index (κ1) is 20.5. The first-order valence-electron chi connectivity index (χ1n) is 9.06. The number of nitrogens with one attached hydrogen (secondary N) is 1. The number of nitrogens with zero attached hydrogens (tertiary/aromatic N) is 2. The molecule has 1 fully saturated rings. The summed E-state index contributed by atoms with van der Waals surface area (Å²) < 4.78 is 1.94. The Bertz CT molecular complexity index is 769. The number of amides is 1. The minimum Gasteiger partial charge on any atom is -0.352 e. The monoisotopic (exact) mass is 376 g/mol. The summed E-state index contributed by atoms with van der Waals surface area (Å²) in [6, 6.07) is 10.1. The Kier molecular flexibility index (Phi) is 6.48. The maximum absolute atomic E-state index is 12.7. The summed E-state index contributed by atoms with van der Waals surface area (Å²) >= 11 is 0. The molecule has 0 bridgehead atoms. The van der Waals surface area contributed by atoms with Gasteiger partial charge in [-0.1, -0.05) is 31.0 Å². The van der Waals surface area contributed by atoms with Gasteiger partial charge in [-0.05, 0) is 51.3 Å². The van der Waals surface area contributed by atoms with E-state index in [1.54, 1.807) is 0 Å². The van der Waals surface area contributed by atoms with Crippen LogP contribution in [-0.2, 0) is 11.3 Å². The van der Waals surface area contributed by atoms with Gasteiger partial charge in [-0.2, -0.15) is 5.10 Å². The molecule has 2 aromatic rings. The summed E-state index contributed by atoms with van der Waals surface area (Å²) in [7, 11) is 0. The SMILES string of the molecule is Cc1cc(C)n(-c2ccccc2CNC(=O)C2CCCCC2(C)N)n1.Cl. The van der Waals surface area contributed by atoms with Gasteiger partial charge in [-0.15, -0.1) is 12.4 Å². The minimum atomic E-state index is -0.405. The highest BCUT2D eigenvalue weighted by atomic mass is 35.5. The van der Waals surface area contributed by atoms with Crippen molar-refractivity contribution in [2.24, 2.45) is 11.7 Å². The number of hydrogen-bond acceptors (Lipinski definition) is 3. The third-order valence-electron chi connectivity index (χ3n) is 5.25. The lowest BCUT2D eigenvalue weighted by Crippen LogP contribution is -2.52. The van der Waals surface area contributed by atoms with Gasteiger partial charge < -0.3 is 11.1 Å². The van der Waals surface area contributed by atoms with Gasteiger partial charge in [0.2, 0.25) is 5.91 Å². The number of aryl methyl sites for hydroxylation is 2. The van der Waals surface area contributed by atoms with Gasteiger partial charge >= 0.3 is 0 Å². The number of rotatable bonds is 4. The highest BCUT2D eigenvalue weighted by molar-refractivity contribution is 5.85. The number of benzene rings is 1. The van der Waals surface area contributed by atoms with Crippen molar-refractivity contribution in [3.63, 3.8) is 0 Å². The average molecular weight is 377 g/mol. The zero-order chi connectivity index (χ0) is 18.0. The third-order valence-corrected chi connectivity index (χ3v) is 5.25. The van der Waals surface area contributed by atoms with E-state index in [4.69, 9.17) is 5.73 Å². The van der Waals surface area contributed by atoms with Crippen LogP contribution in [-0.4, -0.2) is 21.2 Å². The lowest BCUT2D eigenvalue weighted by atomic mass is 9.74. The Morgan fingerprint density at radius 1 is 1.35 bits per heavy atom. The summed E-state index contributed by atoms with van der Waals surface area (Å²) in [5.41, 5.74) is 10.1. The van der Waals surface area contributed by atoms with E-state index in [1.165, 1.54) is 0 Å². The van der Waals surface area contributed by atoms with Crippen LogP contribution in [0.3, 0.4) is 0 Å². The molecule has 1 aromatic carbocycles. The van der Waals surface area contributed by atoms with Crippen LogP contribution in [0.5, 0.6) is 0 Å². The van der Waals surface area contributed by atoms with Gasteiger partial charge in [0.15, 0.2) is 0 Å². The maximum atomic E-state index is 12.7. The first-order valence-corrected chi connectivity index (χ1v) is 9.06. The van der Waals surface area contributed by atoms with Crippen LogP contribution in [0.1, 0.15) is 49.6 Å². The molecule has 3 rings (SSSR count). The van der Waals surface area contributed by atoms with Crippen LogP contribution in [0.2, 0.25) is 0 Å². The van der Waals surface area contributed by atoms with E-state index < -0.39 is 5.54 Å². The second kappa shape index (κ2) is 8.23. The molecule has 5 nitrogen and oxygen atoms in total. The van der Waals surface area contributed by atoms with E-state index in [0.29, 0.717) is 6.54 Å². The van der Waals surface area contributed by atoms with E-state index in [2.05, 4.69) is 16.5 Å². The number of carbonyl (C=O) groups is 1. The van der Waals surface area contributed by atoms with E-state index in [0.717, 1.165) is 48.3 Å². The minimum absolute atomic E-state index is 0. The Labute approximate surface area is 161 Å². The predicted molar refractivity (Wildman–Crippen MR) is 107 cm³/mol. The van der Waals surface area contributed by atoms with Crippen molar-refractivity contribution >= 4 is 18.3 Å². The molecule has 2 atom stereocenters. The molecule has 3 N–H and O–H groups in total. The van der Waals surface area contributed by atoms with Gasteiger partial charge in [0.1, 0.15) is 0 Å². The molecular formula is C20H29ClN4O. The molecule has 0 saturated heterocycles. The number of hydrogen-bond donors (Lipinski definition) is 2. The standard InChI is InChI=1S/C20H28N4O.ClH/c1-14-12-15(2)24(23-14)18-10-5-4-8-16(18)13-22-19(25)17-9-6-7-11-20(17,3)21;/h4-5,8,10,12,17H,6-7,9,11,13,21H2,1-3H3,(H,22,25);1H. The molecule has 0 spiro atoms. The van der Waals surface area contributed by atoms with Crippen molar-refractivity contribution < 1.29 is 4.79 Å². The van der Waals surface area contributed by atoms with E-state index in [-0.39, 0.29) is 24.2 Å². The van der Waals surface area contributed by atoms with Crippen molar-refractivity contribution in [3.8, 4) is 5.69 Å². The molecule has 1 aromatic heterocycles. The van der Waals surface area contributed by atoms with E-state index >= 15 is 0 Å². The van der Waals surface area contributed by atoms with E-state index in [1.807, 2.05) is 49.7 Å². The Hall–Kier alpha value is -1.85. The maximum Gasteiger partial charge on any atom is 0.225 e. The molecule has 1 aliphatic rings. The second-order valence-electron chi connectivity index (χ2n) is 7.49. The lowest BCUT2D eigenvalue weighted by Gasteiger charge is -2.37. The number of halogens is 1. The fourth-order valence-electron chi connectivity index (χ4n) is 3.83. The topological polar surface area (TPSA) is 72.9 Å². The first-order chi connectivity index (χ1) is 11.9. The number of para-hydroxylation sites is 1. The summed E-state index contributed by atoms with van der Waals surface area (Å²) in [6.45, 7) is 6.51. The Morgan fingerprint density at radius 3 is 2.73 bits per heavy atom. The number of nitrogens with two attached hydrogens (primary N) is 1. The summed E-state index contributed by atoms with van der Waals surface area (Å²) in [5.74, 6) is -0.0463. The second-order valence-corrected chi connectivity index (χ2v) is 7.49. The normalized spacial score (nSPS) is 22.5. The zero-order valence-electron chi connectivity index (χ0n) is 15.8. The quantitative estimate of drug-likeness (QED) is 0.858. The highest BCUT2D eigenvalue weighted by Crippen LogP contribution is 2.31. The Balaban J connectivity index is 0.00000243. The fraction of sp³-hybridized carbons (Fsp3) is 0.500. The summed E-state index contributed by atoms with van der Waals surface area (Å²) in [4.78, 5) is 12.7. The van der Waals surface area contributed by atoms with Crippen LogP contribution in [0.4, 0.5) is 0 Å². The Morgan fingerprint density at radius 2 is 2.08 bits per heavy atom. The van der Waals surface area contributed by atoms with Crippen LogP contribution < -0.4 is 11.1 Å². The van der Waals surface area contributed by atoms with E-state index in [9.17, 15) is 4.79 Å². The van der Waals surface area contributed by atoms with Crippen molar-refractivity contribution in [3.05, 3.63) is 47.3 Å². The van der Waals surface area contributed by atoms with Crippen LogP contribution in [0.25, 0.3) is 5.69 Å².